The lowest BCUT2D eigenvalue weighted by molar-refractivity contribution is 0.629. The summed E-state index contributed by atoms with van der Waals surface area (Å²) in [5, 5.41) is 0. The first-order chi connectivity index (χ1) is 5.66. The van der Waals surface area contributed by atoms with Crippen LogP contribution in [0.1, 0.15) is 5.69 Å². The fraction of sp³-hybridized carbons (Fsp3) is 0.125. The summed E-state index contributed by atoms with van der Waals surface area (Å²) < 4.78 is 15.5. The maximum Gasteiger partial charge on any atom is 0.173 e. The van der Waals surface area contributed by atoms with Crippen molar-refractivity contribution in [3.63, 3.8) is 0 Å². The highest BCUT2D eigenvalue weighted by Gasteiger charge is 2.04. The average molecular weight is 229 g/mol. The third-order valence-corrected chi connectivity index (χ3v) is 2.03. The molecule has 0 fully saturated rings. The second-order valence-corrected chi connectivity index (χ2v) is 3.54. The number of hydrogen-bond donors (Lipinski definition) is 0. The van der Waals surface area contributed by atoms with Crippen LogP contribution in [-0.4, -0.2) is 9.38 Å². The number of rotatable bonds is 0. The van der Waals surface area contributed by atoms with E-state index < -0.39 is 0 Å². The van der Waals surface area contributed by atoms with Gasteiger partial charge in [-0.3, -0.25) is 0 Å². The number of hydrogen-bond acceptors (Lipinski definition) is 1. The predicted octanol–water partition coefficient (Wildman–Crippen LogP) is 2.54. The van der Waals surface area contributed by atoms with E-state index in [1.807, 2.05) is 6.92 Å². The second kappa shape index (κ2) is 2.55. The van der Waals surface area contributed by atoms with Crippen molar-refractivity contribution in [2.24, 2.45) is 0 Å². The fourth-order valence-electron chi connectivity index (χ4n) is 1.15. The van der Waals surface area contributed by atoms with E-state index in [9.17, 15) is 4.39 Å². The molecule has 0 radical (unpaired) electrons. The average Bonchev–Trinajstić information content (AvgIpc) is 2.29. The summed E-state index contributed by atoms with van der Waals surface area (Å²) in [6.45, 7) is 1.83. The van der Waals surface area contributed by atoms with Gasteiger partial charge < -0.3 is 4.40 Å². The van der Waals surface area contributed by atoms with Crippen LogP contribution in [0.2, 0.25) is 0 Å². The van der Waals surface area contributed by atoms with Gasteiger partial charge in [0.25, 0.3) is 0 Å². The molecular weight excluding hydrogens is 223 g/mol. The first-order valence-electron chi connectivity index (χ1n) is 3.47. The molecule has 0 aliphatic carbocycles. The van der Waals surface area contributed by atoms with Crippen LogP contribution in [0, 0.1) is 12.7 Å². The van der Waals surface area contributed by atoms with E-state index in [4.69, 9.17) is 0 Å². The molecule has 2 rings (SSSR count). The van der Waals surface area contributed by atoms with Gasteiger partial charge in [0.1, 0.15) is 0 Å². The summed E-state index contributed by atoms with van der Waals surface area (Å²) >= 11 is 3.20. The van der Waals surface area contributed by atoms with Gasteiger partial charge >= 0.3 is 0 Å². The van der Waals surface area contributed by atoms with Crippen LogP contribution in [0.5, 0.6) is 0 Å². The summed E-state index contributed by atoms with van der Waals surface area (Å²) in [5.41, 5.74) is 1.18. The molecule has 4 heteroatoms. The van der Waals surface area contributed by atoms with E-state index in [1.165, 1.54) is 6.07 Å². The molecule has 0 amide bonds. The minimum absolute atomic E-state index is 0.308. The zero-order chi connectivity index (χ0) is 8.72. The van der Waals surface area contributed by atoms with Crippen LogP contribution in [-0.2, 0) is 0 Å². The minimum Gasteiger partial charge on any atom is -0.303 e. The van der Waals surface area contributed by atoms with E-state index >= 15 is 0 Å². The van der Waals surface area contributed by atoms with E-state index in [0.29, 0.717) is 10.1 Å². The molecule has 0 aliphatic heterocycles. The Balaban J connectivity index is 2.88. The van der Waals surface area contributed by atoms with Gasteiger partial charge in [-0.25, -0.2) is 9.37 Å². The summed E-state index contributed by atoms with van der Waals surface area (Å²) in [6, 6.07) is 1.40. The highest BCUT2D eigenvalue weighted by Crippen LogP contribution is 2.15. The van der Waals surface area contributed by atoms with Crippen LogP contribution in [0.25, 0.3) is 5.65 Å². The third-order valence-electron chi connectivity index (χ3n) is 1.59. The lowest BCUT2D eigenvalue weighted by Crippen LogP contribution is -1.87. The van der Waals surface area contributed by atoms with E-state index in [2.05, 4.69) is 20.9 Å². The predicted molar refractivity (Wildman–Crippen MR) is 47.6 cm³/mol. The number of halogens is 2. The first kappa shape index (κ1) is 7.73. The highest BCUT2D eigenvalue weighted by molar-refractivity contribution is 9.10. The van der Waals surface area contributed by atoms with Gasteiger partial charge in [0.15, 0.2) is 11.5 Å². The van der Waals surface area contributed by atoms with Gasteiger partial charge in [0.05, 0.1) is 5.69 Å². The zero-order valence-electron chi connectivity index (χ0n) is 6.38. The maximum absolute atomic E-state index is 13.1. The normalized spacial score (nSPS) is 10.9. The molecule has 12 heavy (non-hydrogen) atoms. The van der Waals surface area contributed by atoms with Gasteiger partial charge in [0, 0.05) is 16.9 Å². The molecule has 0 aliphatic rings. The molecule has 2 aromatic rings. The van der Waals surface area contributed by atoms with Crippen molar-refractivity contribution in [3.8, 4) is 0 Å². The smallest absolute Gasteiger partial charge is 0.173 e. The lowest BCUT2D eigenvalue weighted by Gasteiger charge is -1.95. The summed E-state index contributed by atoms with van der Waals surface area (Å²) in [4.78, 5) is 4.02. The van der Waals surface area contributed by atoms with Gasteiger partial charge in [-0.2, -0.15) is 0 Å². The SMILES string of the molecule is Cc1cn2cc(Br)cc(F)c2n1. The van der Waals surface area contributed by atoms with Crippen molar-refractivity contribution in [1.29, 1.82) is 0 Å². The van der Waals surface area contributed by atoms with Gasteiger partial charge in [-0.1, -0.05) is 0 Å². The highest BCUT2D eigenvalue weighted by atomic mass is 79.9. The molecule has 0 unspecified atom stereocenters. The van der Waals surface area contributed by atoms with Crippen molar-refractivity contribution in [2.75, 3.05) is 0 Å². The second-order valence-electron chi connectivity index (χ2n) is 2.62. The van der Waals surface area contributed by atoms with E-state index in [0.717, 1.165) is 5.69 Å². The summed E-state index contributed by atoms with van der Waals surface area (Å²) in [7, 11) is 0. The third kappa shape index (κ3) is 1.12. The number of imidazole rings is 1. The van der Waals surface area contributed by atoms with Gasteiger partial charge in [-0.05, 0) is 28.9 Å². The molecule has 2 heterocycles. The van der Waals surface area contributed by atoms with Gasteiger partial charge in [-0.15, -0.1) is 0 Å². The van der Waals surface area contributed by atoms with Crippen LogP contribution in [0.4, 0.5) is 4.39 Å². The lowest BCUT2D eigenvalue weighted by atomic mass is 10.4. The minimum atomic E-state index is -0.308. The molecule has 0 bridgehead atoms. The largest absolute Gasteiger partial charge is 0.303 e. The molecule has 0 saturated carbocycles. The van der Waals surface area contributed by atoms with E-state index in [1.54, 1.807) is 16.8 Å². The monoisotopic (exact) mass is 228 g/mol. The Hall–Kier alpha value is -0.900. The maximum atomic E-state index is 13.1. The van der Waals surface area contributed by atoms with Crippen LogP contribution >= 0.6 is 15.9 Å². The molecule has 62 valence electrons. The molecule has 0 spiro atoms. The zero-order valence-corrected chi connectivity index (χ0v) is 7.97. The van der Waals surface area contributed by atoms with Crippen LogP contribution < -0.4 is 0 Å². The molecule has 0 saturated heterocycles. The molecule has 0 atom stereocenters. The number of nitrogens with zero attached hydrogens (tertiary/aromatic N) is 2. The molecule has 0 N–H and O–H groups in total. The number of fused-ring (bicyclic) bond motifs is 1. The van der Waals surface area contributed by atoms with Crippen LogP contribution in [0.3, 0.4) is 0 Å². The number of aromatic nitrogens is 2. The molecule has 0 aromatic carbocycles. The Morgan fingerprint density at radius 2 is 2.25 bits per heavy atom. The Morgan fingerprint density at radius 3 is 3.00 bits per heavy atom. The summed E-state index contributed by atoms with van der Waals surface area (Å²) in [5.74, 6) is -0.308. The topological polar surface area (TPSA) is 17.3 Å². The number of pyridine rings is 1. The van der Waals surface area contributed by atoms with Crippen molar-refractivity contribution >= 4 is 21.6 Å². The van der Waals surface area contributed by atoms with Crippen molar-refractivity contribution in [2.45, 2.75) is 6.92 Å². The first-order valence-corrected chi connectivity index (χ1v) is 4.26. The Morgan fingerprint density at radius 1 is 1.50 bits per heavy atom. The van der Waals surface area contributed by atoms with Crippen molar-refractivity contribution in [3.05, 3.63) is 34.4 Å². The molecule has 2 aromatic heterocycles. The molecule has 2 nitrogen and oxygen atoms in total. The quantitative estimate of drug-likeness (QED) is 0.678. The Bertz CT molecular complexity index is 436. The number of aryl methyl sites for hydroxylation is 1. The van der Waals surface area contributed by atoms with Crippen molar-refractivity contribution < 1.29 is 4.39 Å². The Labute approximate surface area is 77.2 Å². The van der Waals surface area contributed by atoms with E-state index in [-0.39, 0.29) is 5.82 Å². The molecular formula is C8H6BrFN2. The summed E-state index contributed by atoms with van der Waals surface area (Å²) in [6.07, 6.45) is 3.56. The van der Waals surface area contributed by atoms with Gasteiger partial charge in [0.2, 0.25) is 0 Å². The van der Waals surface area contributed by atoms with Crippen molar-refractivity contribution in [1.82, 2.24) is 9.38 Å². The Kier molecular flexibility index (Phi) is 1.65. The fourth-order valence-corrected chi connectivity index (χ4v) is 1.57. The standard InChI is InChI=1S/C8H6BrFN2/c1-5-3-12-4-6(9)2-7(10)8(12)11-5/h2-4H,1H3. The van der Waals surface area contributed by atoms with Crippen LogP contribution in [0.15, 0.2) is 22.9 Å².